The lowest BCUT2D eigenvalue weighted by Crippen LogP contribution is -2.48. The first-order valence-corrected chi connectivity index (χ1v) is 9.19. The maximum atomic E-state index is 12.5. The molecule has 1 N–H and O–H groups in total. The molecule has 5 nitrogen and oxygen atoms in total. The summed E-state index contributed by atoms with van der Waals surface area (Å²) in [7, 11) is -3.00. The van der Waals surface area contributed by atoms with Gasteiger partial charge in [0.1, 0.15) is 0 Å². The van der Waals surface area contributed by atoms with Crippen molar-refractivity contribution >= 4 is 21.4 Å². The van der Waals surface area contributed by atoms with E-state index >= 15 is 0 Å². The molecule has 1 amide bonds. The van der Waals surface area contributed by atoms with Crippen LogP contribution in [-0.4, -0.2) is 45.0 Å². The van der Waals surface area contributed by atoms with Gasteiger partial charge in [0.05, 0.1) is 11.5 Å². The predicted octanol–water partition coefficient (Wildman–Crippen LogP) is 0.743. The normalized spacial score (nSPS) is 24.4. The summed E-state index contributed by atoms with van der Waals surface area (Å²) in [6.07, 6.45) is 2.20. The second-order valence-corrected chi connectivity index (χ2v) is 7.98. The number of carbonyl (C=O) groups is 1. The molecule has 1 fully saturated rings. The second kappa shape index (κ2) is 5.77. The molecule has 0 aromatic heterocycles. The monoisotopic (exact) mass is 308 g/mol. The molecule has 0 saturated carbocycles. The van der Waals surface area contributed by atoms with Gasteiger partial charge in [0.25, 0.3) is 0 Å². The smallest absolute Gasteiger partial charge is 0.228 e. The topological polar surface area (TPSA) is 66.5 Å². The van der Waals surface area contributed by atoms with Crippen molar-refractivity contribution in [3.8, 4) is 0 Å². The summed E-state index contributed by atoms with van der Waals surface area (Å²) in [6.45, 7) is 1.16. The molecule has 0 spiro atoms. The van der Waals surface area contributed by atoms with Gasteiger partial charge in [-0.2, -0.15) is 0 Å². The standard InChI is InChI=1S/C15H20N2O3S/c18-15(10-13-11-21(19,20)9-7-16-13)17-8-3-5-12-4-1-2-6-14(12)17/h1-2,4,6,13,16H,3,5,7-11H2. The van der Waals surface area contributed by atoms with Crippen molar-refractivity contribution in [3.63, 3.8) is 0 Å². The molecular weight excluding hydrogens is 288 g/mol. The van der Waals surface area contributed by atoms with E-state index in [0.717, 1.165) is 25.1 Å². The van der Waals surface area contributed by atoms with Crippen LogP contribution in [0, 0.1) is 0 Å². The molecule has 0 radical (unpaired) electrons. The van der Waals surface area contributed by atoms with E-state index in [1.807, 2.05) is 23.1 Å². The number of hydrogen-bond acceptors (Lipinski definition) is 4. The van der Waals surface area contributed by atoms with E-state index in [1.54, 1.807) is 0 Å². The van der Waals surface area contributed by atoms with Gasteiger partial charge in [-0.15, -0.1) is 0 Å². The highest BCUT2D eigenvalue weighted by atomic mass is 32.2. The SMILES string of the molecule is O=C(CC1CS(=O)(=O)CCN1)N1CCCc2ccccc21. The Labute approximate surface area is 125 Å². The van der Waals surface area contributed by atoms with Gasteiger partial charge in [-0.1, -0.05) is 18.2 Å². The predicted molar refractivity (Wildman–Crippen MR) is 82.2 cm³/mol. The van der Waals surface area contributed by atoms with Crippen molar-refractivity contribution in [2.75, 3.05) is 29.5 Å². The minimum absolute atomic E-state index is 0.0109. The highest BCUT2D eigenvalue weighted by Gasteiger charge is 2.29. The number of fused-ring (bicyclic) bond motifs is 1. The zero-order chi connectivity index (χ0) is 14.9. The average Bonchev–Trinajstić information content (AvgIpc) is 2.45. The fourth-order valence-electron chi connectivity index (χ4n) is 3.11. The summed E-state index contributed by atoms with van der Waals surface area (Å²) in [4.78, 5) is 14.3. The van der Waals surface area contributed by atoms with Crippen molar-refractivity contribution in [1.82, 2.24) is 5.32 Å². The van der Waals surface area contributed by atoms with E-state index in [9.17, 15) is 13.2 Å². The van der Waals surface area contributed by atoms with Crippen LogP contribution in [0.5, 0.6) is 0 Å². The van der Waals surface area contributed by atoms with Crippen molar-refractivity contribution in [2.24, 2.45) is 0 Å². The van der Waals surface area contributed by atoms with E-state index in [0.29, 0.717) is 6.54 Å². The van der Waals surface area contributed by atoms with Crippen LogP contribution in [-0.2, 0) is 21.1 Å². The number of carbonyl (C=O) groups excluding carboxylic acids is 1. The minimum Gasteiger partial charge on any atom is -0.312 e. The van der Waals surface area contributed by atoms with Gasteiger partial charge < -0.3 is 10.2 Å². The third-order valence-electron chi connectivity index (χ3n) is 4.13. The first-order valence-electron chi connectivity index (χ1n) is 7.37. The average molecular weight is 308 g/mol. The van der Waals surface area contributed by atoms with Crippen LogP contribution in [0.4, 0.5) is 5.69 Å². The summed E-state index contributed by atoms with van der Waals surface area (Å²) in [6, 6.07) is 7.69. The molecule has 1 aromatic carbocycles. The second-order valence-electron chi connectivity index (χ2n) is 5.75. The maximum Gasteiger partial charge on any atom is 0.228 e. The van der Waals surface area contributed by atoms with Crippen LogP contribution in [0.3, 0.4) is 0 Å². The van der Waals surface area contributed by atoms with Crippen LogP contribution < -0.4 is 10.2 Å². The molecule has 1 atom stereocenters. The Kier molecular flexibility index (Phi) is 3.99. The Morgan fingerprint density at radius 3 is 2.95 bits per heavy atom. The number of rotatable bonds is 2. The highest BCUT2D eigenvalue weighted by Crippen LogP contribution is 2.27. The lowest BCUT2D eigenvalue weighted by molar-refractivity contribution is -0.119. The van der Waals surface area contributed by atoms with Gasteiger partial charge in [0.15, 0.2) is 9.84 Å². The molecule has 114 valence electrons. The van der Waals surface area contributed by atoms with Crippen molar-refractivity contribution in [3.05, 3.63) is 29.8 Å². The van der Waals surface area contributed by atoms with Gasteiger partial charge in [-0.05, 0) is 24.5 Å². The Morgan fingerprint density at radius 1 is 1.33 bits per heavy atom. The van der Waals surface area contributed by atoms with Crippen molar-refractivity contribution < 1.29 is 13.2 Å². The van der Waals surface area contributed by atoms with Crippen molar-refractivity contribution in [2.45, 2.75) is 25.3 Å². The van der Waals surface area contributed by atoms with Crippen LogP contribution in [0.25, 0.3) is 0 Å². The van der Waals surface area contributed by atoms with Gasteiger partial charge in [-0.25, -0.2) is 8.42 Å². The lowest BCUT2D eigenvalue weighted by atomic mass is 10.0. The fraction of sp³-hybridized carbons (Fsp3) is 0.533. The van der Waals surface area contributed by atoms with Crippen LogP contribution >= 0.6 is 0 Å². The van der Waals surface area contributed by atoms with E-state index < -0.39 is 9.84 Å². The van der Waals surface area contributed by atoms with E-state index in [1.165, 1.54) is 5.56 Å². The zero-order valence-corrected chi connectivity index (χ0v) is 12.7. The Balaban J connectivity index is 1.72. The van der Waals surface area contributed by atoms with Crippen LogP contribution in [0.15, 0.2) is 24.3 Å². The van der Waals surface area contributed by atoms with Gasteiger partial charge in [0, 0.05) is 31.2 Å². The number of hydrogen-bond donors (Lipinski definition) is 1. The first kappa shape index (κ1) is 14.5. The zero-order valence-electron chi connectivity index (χ0n) is 11.9. The largest absolute Gasteiger partial charge is 0.312 e. The van der Waals surface area contributed by atoms with Gasteiger partial charge in [-0.3, -0.25) is 4.79 Å². The lowest BCUT2D eigenvalue weighted by Gasteiger charge is -2.31. The fourth-order valence-corrected chi connectivity index (χ4v) is 4.56. The van der Waals surface area contributed by atoms with Gasteiger partial charge >= 0.3 is 0 Å². The van der Waals surface area contributed by atoms with Gasteiger partial charge in [0.2, 0.25) is 5.91 Å². The van der Waals surface area contributed by atoms with Crippen LogP contribution in [0.1, 0.15) is 18.4 Å². The molecule has 2 heterocycles. The van der Waals surface area contributed by atoms with Crippen LogP contribution in [0.2, 0.25) is 0 Å². The molecule has 0 bridgehead atoms. The summed E-state index contributed by atoms with van der Waals surface area (Å²) >= 11 is 0. The van der Waals surface area contributed by atoms with E-state index in [4.69, 9.17) is 0 Å². The molecular formula is C15H20N2O3S. The number of sulfone groups is 1. The number of para-hydroxylation sites is 1. The molecule has 21 heavy (non-hydrogen) atoms. The molecule has 2 aliphatic rings. The summed E-state index contributed by atoms with van der Waals surface area (Å²) in [5, 5.41) is 3.14. The van der Waals surface area contributed by atoms with Crippen molar-refractivity contribution in [1.29, 1.82) is 0 Å². The molecule has 3 rings (SSSR count). The maximum absolute atomic E-state index is 12.5. The number of nitrogens with one attached hydrogen (secondary N) is 1. The first-order chi connectivity index (χ1) is 10.1. The molecule has 1 unspecified atom stereocenters. The Bertz CT molecular complexity index is 642. The summed E-state index contributed by atoms with van der Waals surface area (Å²) < 4.78 is 23.3. The third kappa shape index (κ3) is 3.27. The summed E-state index contributed by atoms with van der Waals surface area (Å²) in [5.74, 6) is 0.245. The quantitative estimate of drug-likeness (QED) is 0.875. The molecule has 6 heteroatoms. The number of anilines is 1. The number of aryl methyl sites for hydroxylation is 1. The third-order valence-corrected chi connectivity index (χ3v) is 5.87. The Hall–Kier alpha value is -1.40. The van der Waals surface area contributed by atoms with E-state index in [2.05, 4.69) is 11.4 Å². The Morgan fingerprint density at radius 2 is 2.14 bits per heavy atom. The molecule has 1 saturated heterocycles. The van der Waals surface area contributed by atoms with E-state index in [-0.39, 0.29) is 29.9 Å². The number of amides is 1. The highest BCUT2D eigenvalue weighted by molar-refractivity contribution is 7.91. The number of benzene rings is 1. The summed E-state index contributed by atoms with van der Waals surface area (Å²) in [5.41, 5.74) is 2.17. The number of nitrogens with zero attached hydrogens (tertiary/aromatic N) is 1. The minimum atomic E-state index is -3.00. The molecule has 0 aliphatic carbocycles. The molecule has 1 aromatic rings. The molecule has 2 aliphatic heterocycles.